The van der Waals surface area contributed by atoms with E-state index in [0.29, 0.717) is 25.9 Å². The molecular weight excluding hydrogens is 248 g/mol. The van der Waals surface area contributed by atoms with Gasteiger partial charge >= 0.3 is 0 Å². The Morgan fingerprint density at radius 3 is 2.61 bits per heavy atom. The summed E-state index contributed by atoms with van der Waals surface area (Å²) in [6, 6.07) is 0. The highest BCUT2D eigenvalue weighted by Gasteiger charge is 2.28. The standard InChI is InChI=1S/C13H24N2O2S/c1-4-13(5-2,18-3)9-15-12(17)10-6-7-11(16)14-8-10/h10H,4-9H2,1-3H3,(H,14,16)(H,15,17). The molecule has 0 saturated carbocycles. The van der Waals surface area contributed by atoms with Gasteiger partial charge in [0.1, 0.15) is 0 Å². The maximum absolute atomic E-state index is 12.0. The Bertz CT molecular complexity index is 285. The molecule has 0 aromatic carbocycles. The third kappa shape index (κ3) is 3.90. The third-order valence-electron chi connectivity index (χ3n) is 3.94. The molecule has 0 bridgehead atoms. The number of rotatable bonds is 6. The molecule has 0 radical (unpaired) electrons. The molecule has 104 valence electrons. The number of hydrogen-bond donors (Lipinski definition) is 2. The van der Waals surface area contributed by atoms with Crippen molar-refractivity contribution in [1.82, 2.24) is 10.6 Å². The van der Waals surface area contributed by atoms with Gasteiger partial charge in [-0.1, -0.05) is 13.8 Å². The van der Waals surface area contributed by atoms with Gasteiger partial charge in [-0.25, -0.2) is 0 Å². The number of carbonyl (C=O) groups is 2. The first-order chi connectivity index (χ1) is 8.56. The zero-order valence-corrected chi connectivity index (χ0v) is 12.4. The lowest BCUT2D eigenvalue weighted by atomic mass is 9.97. The monoisotopic (exact) mass is 272 g/mol. The largest absolute Gasteiger partial charge is 0.355 e. The Morgan fingerprint density at radius 1 is 1.50 bits per heavy atom. The Morgan fingerprint density at radius 2 is 2.17 bits per heavy atom. The van der Waals surface area contributed by atoms with Crippen LogP contribution in [0.4, 0.5) is 0 Å². The second-order valence-corrected chi connectivity index (χ2v) is 6.13. The molecule has 18 heavy (non-hydrogen) atoms. The summed E-state index contributed by atoms with van der Waals surface area (Å²) in [4.78, 5) is 23.1. The Balaban J connectivity index is 2.42. The number of amides is 2. The summed E-state index contributed by atoms with van der Waals surface area (Å²) >= 11 is 1.82. The van der Waals surface area contributed by atoms with Crippen molar-refractivity contribution in [2.75, 3.05) is 19.3 Å². The van der Waals surface area contributed by atoms with E-state index in [1.54, 1.807) is 0 Å². The van der Waals surface area contributed by atoms with Gasteiger partial charge in [-0.2, -0.15) is 11.8 Å². The van der Waals surface area contributed by atoms with Crippen LogP contribution in [0.2, 0.25) is 0 Å². The van der Waals surface area contributed by atoms with E-state index in [1.807, 2.05) is 11.8 Å². The van der Waals surface area contributed by atoms with Gasteiger partial charge in [-0.15, -0.1) is 0 Å². The van der Waals surface area contributed by atoms with E-state index < -0.39 is 0 Å². The maximum atomic E-state index is 12.0. The van der Waals surface area contributed by atoms with Crippen LogP contribution in [-0.2, 0) is 9.59 Å². The highest BCUT2D eigenvalue weighted by Crippen LogP contribution is 2.29. The Kier molecular flexibility index (Phi) is 5.99. The molecular formula is C13H24N2O2S. The van der Waals surface area contributed by atoms with Crippen molar-refractivity contribution in [3.05, 3.63) is 0 Å². The summed E-state index contributed by atoms with van der Waals surface area (Å²) in [7, 11) is 0. The van der Waals surface area contributed by atoms with Crippen LogP contribution in [0.25, 0.3) is 0 Å². The van der Waals surface area contributed by atoms with E-state index in [2.05, 4.69) is 30.7 Å². The minimum Gasteiger partial charge on any atom is -0.355 e. The molecule has 1 heterocycles. The van der Waals surface area contributed by atoms with E-state index in [9.17, 15) is 9.59 Å². The first kappa shape index (κ1) is 15.3. The summed E-state index contributed by atoms with van der Waals surface area (Å²) in [5.41, 5.74) is 0. The number of piperidine rings is 1. The smallest absolute Gasteiger partial charge is 0.224 e. The lowest BCUT2D eigenvalue weighted by molar-refractivity contribution is -0.129. The second kappa shape index (κ2) is 7.02. The van der Waals surface area contributed by atoms with E-state index in [4.69, 9.17) is 0 Å². The Hall–Kier alpha value is -0.710. The van der Waals surface area contributed by atoms with Crippen molar-refractivity contribution in [3.8, 4) is 0 Å². The summed E-state index contributed by atoms with van der Waals surface area (Å²) in [5.74, 6) is 0.0749. The molecule has 4 nitrogen and oxygen atoms in total. The average molecular weight is 272 g/mol. The Labute approximate surface area is 114 Å². The molecule has 0 aromatic rings. The van der Waals surface area contributed by atoms with Crippen LogP contribution in [0.15, 0.2) is 0 Å². The molecule has 2 amide bonds. The summed E-state index contributed by atoms with van der Waals surface area (Å²) in [6.45, 7) is 5.51. The fraction of sp³-hybridized carbons (Fsp3) is 0.846. The predicted octanol–water partition coefficient (Wildman–Crippen LogP) is 1.55. The normalized spacial score (nSPS) is 20.4. The van der Waals surface area contributed by atoms with Crippen molar-refractivity contribution >= 4 is 23.6 Å². The molecule has 2 N–H and O–H groups in total. The van der Waals surface area contributed by atoms with Crippen LogP contribution in [0.5, 0.6) is 0 Å². The van der Waals surface area contributed by atoms with Crippen LogP contribution in [0.1, 0.15) is 39.5 Å². The summed E-state index contributed by atoms with van der Waals surface area (Å²) < 4.78 is 0.146. The number of nitrogens with one attached hydrogen (secondary N) is 2. The van der Waals surface area contributed by atoms with Crippen molar-refractivity contribution in [3.63, 3.8) is 0 Å². The minimum absolute atomic E-state index is 0.0552. The first-order valence-electron chi connectivity index (χ1n) is 6.66. The lowest BCUT2D eigenvalue weighted by Crippen LogP contribution is -2.46. The lowest BCUT2D eigenvalue weighted by Gasteiger charge is -2.31. The SMILES string of the molecule is CCC(CC)(CNC(=O)C1CCC(=O)NC1)SC. The number of thioether (sulfide) groups is 1. The van der Waals surface area contributed by atoms with Crippen molar-refractivity contribution in [1.29, 1.82) is 0 Å². The molecule has 1 unspecified atom stereocenters. The van der Waals surface area contributed by atoms with Gasteiger partial charge < -0.3 is 10.6 Å². The predicted molar refractivity (Wildman–Crippen MR) is 75.6 cm³/mol. The number of carbonyl (C=O) groups excluding carboxylic acids is 2. The van der Waals surface area contributed by atoms with Gasteiger partial charge in [-0.3, -0.25) is 9.59 Å². The summed E-state index contributed by atoms with van der Waals surface area (Å²) in [6.07, 6.45) is 5.33. The molecule has 5 heteroatoms. The molecule has 0 aliphatic carbocycles. The van der Waals surface area contributed by atoms with Gasteiger partial charge in [0.25, 0.3) is 0 Å². The number of hydrogen-bond acceptors (Lipinski definition) is 3. The van der Waals surface area contributed by atoms with Gasteiger partial charge in [-0.05, 0) is 25.5 Å². The fourth-order valence-corrected chi connectivity index (χ4v) is 3.00. The van der Waals surface area contributed by atoms with Crippen LogP contribution in [0.3, 0.4) is 0 Å². The average Bonchev–Trinajstić information content (AvgIpc) is 2.41. The fourth-order valence-electron chi connectivity index (χ4n) is 2.21. The quantitative estimate of drug-likeness (QED) is 0.771. The molecule has 1 atom stereocenters. The second-order valence-electron chi connectivity index (χ2n) is 4.85. The van der Waals surface area contributed by atoms with E-state index in [-0.39, 0.29) is 22.5 Å². The van der Waals surface area contributed by atoms with Crippen molar-refractivity contribution in [2.45, 2.75) is 44.3 Å². The molecule has 1 aliphatic rings. The van der Waals surface area contributed by atoms with Crippen molar-refractivity contribution in [2.24, 2.45) is 5.92 Å². The topological polar surface area (TPSA) is 58.2 Å². The zero-order valence-electron chi connectivity index (χ0n) is 11.5. The third-order valence-corrected chi connectivity index (χ3v) is 5.53. The van der Waals surface area contributed by atoms with E-state index >= 15 is 0 Å². The van der Waals surface area contributed by atoms with Crippen LogP contribution >= 0.6 is 11.8 Å². The minimum atomic E-state index is -0.0593. The van der Waals surface area contributed by atoms with E-state index in [1.165, 1.54) is 0 Å². The van der Waals surface area contributed by atoms with Gasteiger partial charge in [0, 0.05) is 24.3 Å². The van der Waals surface area contributed by atoms with Crippen molar-refractivity contribution < 1.29 is 9.59 Å². The van der Waals surface area contributed by atoms with Crippen LogP contribution in [-0.4, -0.2) is 35.9 Å². The van der Waals surface area contributed by atoms with E-state index in [0.717, 1.165) is 12.8 Å². The van der Waals surface area contributed by atoms with Crippen LogP contribution in [0, 0.1) is 5.92 Å². The molecule has 0 aromatic heterocycles. The van der Waals surface area contributed by atoms with Gasteiger partial charge in [0.15, 0.2) is 0 Å². The maximum Gasteiger partial charge on any atom is 0.224 e. The molecule has 1 aliphatic heterocycles. The van der Waals surface area contributed by atoms with Gasteiger partial charge in [0.2, 0.25) is 11.8 Å². The highest BCUT2D eigenvalue weighted by atomic mass is 32.2. The molecule has 1 rings (SSSR count). The van der Waals surface area contributed by atoms with Crippen LogP contribution < -0.4 is 10.6 Å². The zero-order chi connectivity index (χ0) is 13.6. The molecule has 0 spiro atoms. The first-order valence-corrected chi connectivity index (χ1v) is 7.89. The highest BCUT2D eigenvalue weighted by molar-refractivity contribution is 8.00. The summed E-state index contributed by atoms with van der Waals surface area (Å²) in [5, 5.41) is 5.80. The molecule has 1 fully saturated rings. The van der Waals surface area contributed by atoms with Gasteiger partial charge in [0.05, 0.1) is 5.92 Å². The molecule has 1 saturated heterocycles.